The van der Waals surface area contributed by atoms with Crippen molar-refractivity contribution < 1.29 is 19.1 Å². The smallest absolute Gasteiger partial charge is 0.320 e. The Morgan fingerprint density at radius 1 is 1.16 bits per heavy atom. The van der Waals surface area contributed by atoms with Crippen LogP contribution >= 0.6 is 11.6 Å². The van der Waals surface area contributed by atoms with E-state index in [1.807, 2.05) is 0 Å². The van der Waals surface area contributed by atoms with Gasteiger partial charge in [0, 0.05) is 17.5 Å². The minimum Gasteiger partial charge on any atom is -0.468 e. The second-order valence-corrected chi connectivity index (χ2v) is 4.35. The molecule has 2 N–H and O–H groups in total. The lowest BCUT2D eigenvalue weighted by Gasteiger charge is -2.22. The first-order valence-corrected chi connectivity index (χ1v) is 6.04. The van der Waals surface area contributed by atoms with Crippen molar-refractivity contribution in [3.63, 3.8) is 0 Å². The fraction of sp³-hybridized carbons (Fsp3) is 0.385. The highest BCUT2D eigenvalue weighted by Gasteiger charge is 2.37. The number of esters is 2. The van der Waals surface area contributed by atoms with Gasteiger partial charge in [-0.1, -0.05) is 23.7 Å². The van der Waals surface area contributed by atoms with Crippen molar-refractivity contribution in [3.8, 4) is 0 Å². The molecule has 0 bridgehead atoms. The van der Waals surface area contributed by atoms with Gasteiger partial charge in [0.2, 0.25) is 0 Å². The molecular weight excluding hydrogens is 270 g/mol. The molecular formula is C13H16ClNO4. The first kappa shape index (κ1) is 15.5. The van der Waals surface area contributed by atoms with Gasteiger partial charge in [-0.2, -0.15) is 0 Å². The number of hydrogen-bond acceptors (Lipinski definition) is 5. The number of ether oxygens (including phenoxy) is 2. The summed E-state index contributed by atoms with van der Waals surface area (Å²) in [5.74, 6) is -2.94. The summed E-state index contributed by atoms with van der Waals surface area (Å²) in [5, 5.41) is 0.562. The zero-order valence-corrected chi connectivity index (χ0v) is 11.5. The van der Waals surface area contributed by atoms with Gasteiger partial charge < -0.3 is 15.2 Å². The summed E-state index contributed by atoms with van der Waals surface area (Å²) in [6.07, 6.45) is 0. The van der Waals surface area contributed by atoms with E-state index in [1.165, 1.54) is 14.2 Å². The van der Waals surface area contributed by atoms with Crippen molar-refractivity contribution in [2.24, 2.45) is 11.7 Å². The van der Waals surface area contributed by atoms with Crippen molar-refractivity contribution >= 4 is 23.5 Å². The molecule has 19 heavy (non-hydrogen) atoms. The second kappa shape index (κ2) is 7.11. The zero-order valence-electron chi connectivity index (χ0n) is 10.8. The van der Waals surface area contributed by atoms with Gasteiger partial charge in [0.15, 0.2) is 5.92 Å². The normalized spacial score (nSPS) is 12.1. The van der Waals surface area contributed by atoms with Crippen LogP contribution in [0.15, 0.2) is 24.3 Å². The van der Waals surface area contributed by atoms with Crippen LogP contribution in [0.3, 0.4) is 0 Å². The van der Waals surface area contributed by atoms with E-state index >= 15 is 0 Å². The fourth-order valence-electron chi connectivity index (χ4n) is 1.85. The lowest BCUT2D eigenvalue weighted by atomic mass is 9.86. The Labute approximate surface area is 116 Å². The highest BCUT2D eigenvalue weighted by molar-refractivity contribution is 6.30. The summed E-state index contributed by atoms with van der Waals surface area (Å²) in [6.45, 7) is 0.108. The van der Waals surface area contributed by atoms with Crippen molar-refractivity contribution in [3.05, 3.63) is 34.9 Å². The number of hydrogen-bond donors (Lipinski definition) is 1. The molecule has 0 saturated carbocycles. The maximum Gasteiger partial charge on any atom is 0.320 e. The third-order valence-electron chi connectivity index (χ3n) is 2.86. The van der Waals surface area contributed by atoms with Crippen molar-refractivity contribution in [1.82, 2.24) is 0 Å². The Balaban J connectivity index is 3.12. The Morgan fingerprint density at radius 2 is 1.63 bits per heavy atom. The highest BCUT2D eigenvalue weighted by Crippen LogP contribution is 2.27. The molecule has 6 heteroatoms. The second-order valence-electron chi connectivity index (χ2n) is 3.92. The van der Waals surface area contributed by atoms with E-state index in [1.54, 1.807) is 24.3 Å². The SMILES string of the molecule is COC(=O)C(C(=O)OC)C(CN)c1ccc(Cl)cc1. The molecule has 0 aliphatic rings. The van der Waals surface area contributed by atoms with Crippen LogP contribution in [-0.2, 0) is 19.1 Å². The average molecular weight is 286 g/mol. The predicted octanol–water partition coefficient (Wildman–Crippen LogP) is 1.34. The Bertz CT molecular complexity index is 430. The molecule has 0 aliphatic carbocycles. The van der Waals surface area contributed by atoms with Crippen molar-refractivity contribution in [2.45, 2.75) is 5.92 Å². The van der Waals surface area contributed by atoms with Crippen molar-refractivity contribution in [1.29, 1.82) is 0 Å². The number of carbonyl (C=O) groups excluding carboxylic acids is 2. The van der Waals surface area contributed by atoms with Gasteiger partial charge in [-0.15, -0.1) is 0 Å². The Hall–Kier alpha value is -1.59. The van der Waals surface area contributed by atoms with Gasteiger partial charge in [-0.3, -0.25) is 9.59 Å². The molecule has 0 heterocycles. The number of methoxy groups -OCH3 is 2. The van der Waals surface area contributed by atoms with E-state index in [0.29, 0.717) is 5.02 Å². The fourth-order valence-corrected chi connectivity index (χ4v) is 1.98. The molecule has 104 valence electrons. The quantitative estimate of drug-likeness (QED) is 0.652. The number of nitrogens with two attached hydrogens (primary N) is 1. The van der Waals surface area contributed by atoms with Gasteiger partial charge in [-0.25, -0.2) is 0 Å². The lowest BCUT2D eigenvalue weighted by molar-refractivity contribution is -0.159. The van der Waals surface area contributed by atoms with Gasteiger partial charge in [-0.05, 0) is 17.7 Å². The first-order valence-electron chi connectivity index (χ1n) is 5.66. The van der Waals surface area contributed by atoms with Crippen LogP contribution in [0.2, 0.25) is 5.02 Å². The molecule has 0 aromatic heterocycles. The topological polar surface area (TPSA) is 78.6 Å². The Kier molecular flexibility index (Phi) is 5.79. The van der Waals surface area contributed by atoms with E-state index in [2.05, 4.69) is 9.47 Å². The molecule has 5 nitrogen and oxygen atoms in total. The summed E-state index contributed by atoms with van der Waals surface area (Å²) in [7, 11) is 2.43. The van der Waals surface area contributed by atoms with E-state index in [9.17, 15) is 9.59 Å². The number of halogens is 1. The third kappa shape index (κ3) is 3.68. The predicted molar refractivity (Wildman–Crippen MR) is 70.8 cm³/mol. The molecule has 1 unspecified atom stereocenters. The van der Waals surface area contributed by atoms with Gasteiger partial charge in [0.05, 0.1) is 14.2 Å². The molecule has 0 saturated heterocycles. The summed E-state index contributed by atoms with van der Waals surface area (Å²) in [6, 6.07) is 6.79. The van der Waals surface area contributed by atoms with E-state index in [0.717, 1.165) is 5.56 Å². The zero-order chi connectivity index (χ0) is 14.4. The third-order valence-corrected chi connectivity index (χ3v) is 3.12. The van der Waals surface area contributed by atoms with Crippen LogP contribution in [0.4, 0.5) is 0 Å². The van der Waals surface area contributed by atoms with Crippen LogP contribution in [-0.4, -0.2) is 32.7 Å². The molecule has 0 fully saturated rings. The largest absolute Gasteiger partial charge is 0.468 e. The van der Waals surface area contributed by atoms with Gasteiger partial charge in [0.1, 0.15) is 0 Å². The molecule has 1 atom stereocenters. The number of benzene rings is 1. The van der Waals surface area contributed by atoms with Gasteiger partial charge >= 0.3 is 11.9 Å². The summed E-state index contributed by atoms with van der Waals surface area (Å²) < 4.78 is 9.28. The average Bonchev–Trinajstić information content (AvgIpc) is 2.44. The first-order chi connectivity index (χ1) is 9.04. The number of carbonyl (C=O) groups is 2. The van der Waals surface area contributed by atoms with Crippen molar-refractivity contribution in [2.75, 3.05) is 20.8 Å². The van der Waals surface area contributed by atoms with Crippen LogP contribution in [0, 0.1) is 5.92 Å². The van der Waals surface area contributed by atoms with Crippen LogP contribution in [0.5, 0.6) is 0 Å². The molecule has 1 rings (SSSR count). The van der Waals surface area contributed by atoms with Gasteiger partial charge in [0.25, 0.3) is 0 Å². The number of rotatable bonds is 5. The van der Waals surface area contributed by atoms with E-state index < -0.39 is 23.8 Å². The van der Waals surface area contributed by atoms with E-state index in [-0.39, 0.29) is 6.54 Å². The highest BCUT2D eigenvalue weighted by atomic mass is 35.5. The minimum absolute atomic E-state index is 0.108. The molecule has 0 amide bonds. The maximum absolute atomic E-state index is 11.7. The monoisotopic (exact) mass is 285 g/mol. The maximum atomic E-state index is 11.7. The van der Waals surface area contributed by atoms with Crippen LogP contribution < -0.4 is 5.73 Å². The minimum atomic E-state index is -1.08. The molecule has 0 spiro atoms. The molecule has 1 aromatic rings. The lowest BCUT2D eigenvalue weighted by Crippen LogP contribution is -2.35. The standard InChI is InChI=1S/C13H16ClNO4/c1-18-12(16)11(13(17)19-2)10(7-15)8-3-5-9(14)6-4-8/h3-6,10-11H,7,15H2,1-2H3. The van der Waals surface area contributed by atoms with Crippen LogP contribution in [0.1, 0.15) is 11.5 Å². The molecule has 0 radical (unpaired) electrons. The molecule has 1 aromatic carbocycles. The summed E-state index contributed by atoms with van der Waals surface area (Å²) in [5.41, 5.74) is 6.41. The van der Waals surface area contributed by atoms with Crippen LogP contribution in [0.25, 0.3) is 0 Å². The molecule has 0 aliphatic heterocycles. The summed E-state index contributed by atoms with van der Waals surface area (Å²) in [4.78, 5) is 23.5. The Morgan fingerprint density at radius 3 is 2.00 bits per heavy atom. The summed E-state index contributed by atoms with van der Waals surface area (Å²) >= 11 is 5.80. The van der Waals surface area contributed by atoms with E-state index in [4.69, 9.17) is 17.3 Å².